The maximum atomic E-state index is 11.0. The van der Waals surface area contributed by atoms with E-state index in [1.807, 2.05) is 18.2 Å². The van der Waals surface area contributed by atoms with E-state index in [4.69, 9.17) is 5.73 Å². The van der Waals surface area contributed by atoms with Gasteiger partial charge in [-0.15, -0.1) is 0 Å². The molecule has 0 spiro atoms. The number of hydrogen-bond donors (Lipinski definition) is 2. The second kappa shape index (κ2) is 4.02. The monoisotopic (exact) mass is 202 g/mol. The molecule has 2 rings (SSSR count). The smallest absolute Gasteiger partial charge is 0.264 e. The number of nitrogens with one attached hydrogen (secondary N) is 1. The zero-order valence-corrected chi connectivity index (χ0v) is 7.97. The van der Waals surface area contributed by atoms with Crippen molar-refractivity contribution in [2.24, 2.45) is 5.73 Å². The van der Waals surface area contributed by atoms with Crippen LogP contribution < -0.4 is 11.3 Å². The van der Waals surface area contributed by atoms with Gasteiger partial charge in [0.25, 0.3) is 5.56 Å². The van der Waals surface area contributed by atoms with Crippen LogP contribution in [0, 0.1) is 0 Å². The number of rotatable bonds is 2. The molecule has 2 heterocycles. The molecular formula is C10H10N4O. The highest BCUT2D eigenvalue weighted by atomic mass is 16.1. The molecule has 0 atom stereocenters. The molecule has 0 aliphatic carbocycles. The van der Waals surface area contributed by atoms with E-state index in [-0.39, 0.29) is 12.1 Å². The Hall–Kier alpha value is -2.01. The van der Waals surface area contributed by atoms with E-state index >= 15 is 0 Å². The number of pyridine rings is 1. The fraction of sp³-hybridized carbons (Fsp3) is 0.100. The van der Waals surface area contributed by atoms with Gasteiger partial charge in [-0.3, -0.25) is 9.78 Å². The van der Waals surface area contributed by atoms with E-state index in [0.29, 0.717) is 17.0 Å². The van der Waals surface area contributed by atoms with Crippen LogP contribution in [-0.4, -0.2) is 15.2 Å². The number of H-pyrrole nitrogens is 1. The predicted molar refractivity (Wildman–Crippen MR) is 56.0 cm³/mol. The zero-order chi connectivity index (χ0) is 10.7. The van der Waals surface area contributed by atoms with Crippen molar-refractivity contribution in [2.75, 3.05) is 0 Å². The molecule has 0 unspecified atom stereocenters. The van der Waals surface area contributed by atoms with Gasteiger partial charge >= 0.3 is 0 Å². The van der Waals surface area contributed by atoms with Crippen molar-refractivity contribution in [1.29, 1.82) is 0 Å². The summed E-state index contributed by atoms with van der Waals surface area (Å²) in [5, 5.41) is 6.31. The first kappa shape index (κ1) is 9.54. The van der Waals surface area contributed by atoms with Crippen LogP contribution >= 0.6 is 0 Å². The summed E-state index contributed by atoms with van der Waals surface area (Å²) < 4.78 is 0. The molecule has 0 bridgehead atoms. The van der Waals surface area contributed by atoms with E-state index in [0.717, 1.165) is 0 Å². The standard InChI is InChI=1S/C10H10N4O/c11-6-7-5-9(15)13-14-10(7)8-3-1-2-4-12-8/h1-5H,6,11H2,(H,13,15). The molecule has 0 amide bonds. The molecule has 2 aromatic rings. The lowest BCUT2D eigenvalue weighted by molar-refractivity contribution is 0.939. The fourth-order valence-electron chi connectivity index (χ4n) is 1.32. The maximum Gasteiger partial charge on any atom is 0.264 e. The summed E-state index contributed by atoms with van der Waals surface area (Å²) in [4.78, 5) is 15.2. The third-order valence-electron chi connectivity index (χ3n) is 2.01. The van der Waals surface area contributed by atoms with Crippen LogP contribution in [0.2, 0.25) is 0 Å². The Morgan fingerprint density at radius 2 is 2.27 bits per heavy atom. The highest BCUT2D eigenvalue weighted by Gasteiger charge is 2.06. The van der Waals surface area contributed by atoms with Crippen LogP contribution in [0.15, 0.2) is 35.3 Å². The van der Waals surface area contributed by atoms with E-state index < -0.39 is 0 Å². The molecule has 3 N–H and O–H groups in total. The largest absolute Gasteiger partial charge is 0.326 e. The van der Waals surface area contributed by atoms with Gasteiger partial charge in [0.1, 0.15) is 5.69 Å². The minimum absolute atomic E-state index is 0.255. The van der Waals surface area contributed by atoms with Crippen molar-refractivity contribution in [3.63, 3.8) is 0 Å². The average molecular weight is 202 g/mol. The second-order valence-corrected chi connectivity index (χ2v) is 3.03. The van der Waals surface area contributed by atoms with Gasteiger partial charge in [0.2, 0.25) is 0 Å². The summed E-state index contributed by atoms with van der Waals surface area (Å²) >= 11 is 0. The summed E-state index contributed by atoms with van der Waals surface area (Å²) in [5.41, 5.74) is 7.30. The van der Waals surface area contributed by atoms with Crippen molar-refractivity contribution in [2.45, 2.75) is 6.54 Å². The summed E-state index contributed by atoms with van der Waals surface area (Å²) in [5.74, 6) is 0. The SMILES string of the molecule is NCc1cc(=O)[nH]nc1-c1ccccn1. The number of aromatic nitrogens is 3. The quantitative estimate of drug-likeness (QED) is 0.733. The average Bonchev–Trinajstić information content (AvgIpc) is 2.30. The summed E-state index contributed by atoms with van der Waals surface area (Å²) in [6.45, 7) is 0.267. The molecule has 0 aliphatic rings. The molecule has 0 aromatic carbocycles. The molecule has 0 aliphatic heterocycles. The van der Waals surface area contributed by atoms with Crippen molar-refractivity contribution >= 4 is 0 Å². The maximum absolute atomic E-state index is 11.0. The van der Waals surface area contributed by atoms with Gasteiger partial charge in [-0.1, -0.05) is 6.07 Å². The van der Waals surface area contributed by atoms with Gasteiger partial charge in [0.05, 0.1) is 5.69 Å². The van der Waals surface area contributed by atoms with Crippen LogP contribution in [0.25, 0.3) is 11.4 Å². The van der Waals surface area contributed by atoms with E-state index in [1.54, 1.807) is 6.20 Å². The third-order valence-corrected chi connectivity index (χ3v) is 2.01. The fourth-order valence-corrected chi connectivity index (χ4v) is 1.32. The van der Waals surface area contributed by atoms with E-state index in [1.165, 1.54) is 6.07 Å². The highest BCUT2D eigenvalue weighted by Crippen LogP contribution is 2.15. The van der Waals surface area contributed by atoms with Gasteiger partial charge in [-0.2, -0.15) is 5.10 Å². The highest BCUT2D eigenvalue weighted by molar-refractivity contribution is 5.57. The second-order valence-electron chi connectivity index (χ2n) is 3.03. The topological polar surface area (TPSA) is 84.7 Å². The normalized spacial score (nSPS) is 10.2. The number of aromatic amines is 1. The molecule has 0 saturated heterocycles. The first-order valence-corrected chi connectivity index (χ1v) is 4.51. The molecular weight excluding hydrogens is 192 g/mol. The van der Waals surface area contributed by atoms with Gasteiger partial charge in [-0.05, 0) is 12.1 Å². The summed E-state index contributed by atoms with van der Waals surface area (Å²) in [7, 11) is 0. The van der Waals surface area contributed by atoms with Crippen LogP contribution in [0.4, 0.5) is 0 Å². The molecule has 0 saturated carbocycles. The van der Waals surface area contributed by atoms with Gasteiger partial charge in [-0.25, -0.2) is 5.10 Å². The summed E-state index contributed by atoms with van der Waals surface area (Å²) in [6.07, 6.45) is 1.67. The van der Waals surface area contributed by atoms with Crippen LogP contribution in [0.1, 0.15) is 5.56 Å². The molecule has 5 heteroatoms. The molecule has 5 nitrogen and oxygen atoms in total. The van der Waals surface area contributed by atoms with Crippen molar-refractivity contribution < 1.29 is 0 Å². The molecule has 0 radical (unpaired) electrons. The predicted octanol–water partition coefficient (Wildman–Crippen LogP) is 0.291. The number of hydrogen-bond acceptors (Lipinski definition) is 4. The lowest BCUT2D eigenvalue weighted by atomic mass is 10.1. The number of nitrogens with two attached hydrogens (primary N) is 1. The number of nitrogens with zero attached hydrogens (tertiary/aromatic N) is 2. The van der Waals surface area contributed by atoms with Crippen molar-refractivity contribution in [1.82, 2.24) is 15.2 Å². The van der Waals surface area contributed by atoms with E-state index in [9.17, 15) is 4.79 Å². The zero-order valence-electron chi connectivity index (χ0n) is 7.97. The first-order chi connectivity index (χ1) is 7.31. The minimum Gasteiger partial charge on any atom is -0.326 e. The molecule has 0 fully saturated rings. The Morgan fingerprint density at radius 1 is 1.40 bits per heavy atom. The van der Waals surface area contributed by atoms with Crippen molar-refractivity contribution in [3.05, 3.63) is 46.4 Å². The van der Waals surface area contributed by atoms with Gasteiger partial charge < -0.3 is 5.73 Å². The molecule has 15 heavy (non-hydrogen) atoms. The lowest BCUT2D eigenvalue weighted by Crippen LogP contribution is -2.13. The summed E-state index contributed by atoms with van der Waals surface area (Å²) in [6, 6.07) is 6.93. The molecule has 76 valence electrons. The van der Waals surface area contributed by atoms with Crippen LogP contribution in [-0.2, 0) is 6.54 Å². The van der Waals surface area contributed by atoms with Gasteiger partial charge in [0.15, 0.2) is 0 Å². The third kappa shape index (κ3) is 1.92. The Labute approximate surface area is 86.0 Å². The minimum atomic E-state index is -0.255. The van der Waals surface area contributed by atoms with Crippen LogP contribution in [0.5, 0.6) is 0 Å². The Kier molecular flexibility index (Phi) is 2.55. The molecule has 2 aromatic heterocycles. The van der Waals surface area contributed by atoms with Crippen molar-refractivity contribution in [3.8, 4) is 11.4 Å². The Morgan fingerprint density at radius 3 is 2.93 bits per heavy atom. The van der Waals surface area contributed by atoms with E-state index in [2.05, 4.69) is 15.2 Å². The first-order valence-electron chi connectivity index (χ1n) is 4.51. The van der Waals surface area contributed by atoms with Crippen LogP contribution in [0.3, 0.4) is 0 Å². The Bertz CT molecular complexity index is 506. The van der Waals surface area contributed by atoms with Gasteiger partial charge in [0, 0.05) is 24.4 Å². The Balaban J connectivity index is 2.58. The lowest BCUT2D eigenvalue weighted by Gasteiger charge is -2.03.